The molecule has 0 fully saturated rings. The Morgan fingerprint density at radius 2 is 2.33 bits per heavy atom. The Morgan fingerprint density at radius 1 is 1.43 bits per heavy atom. The highest BCUT2D eigenvalue weighted by Crippen LogP contribution is 2.39. The van der Waals surface area contributed by atoms with Crippen molar-refractivity contribution >= 4 is 11.3 Å². The number of nitrogens with zero attached hydrogens (tertiary/aromatic N) is 1. The van der Waals surface area contributed by atoms with Crippen LogP contribution in [0.3, 0.4) is 0 Å². The Labute approximate surface area is 130 Å². The molecule has 1 N–H and O–H groups in total. The van der Waals surface area contributed by atoms with Crippen molar-refractivity contribution < 1.29 is 4.74 Å². The van der Waals surface area contributed by atoms with Crippen LogP contribution in [0.1, 0.15) is 48.6 Å². The molecule has 2 aromatic rings. The monoisotopic (exact) mass is 302 g/mol. The van der Waals surface area contributed by atoms with Crippen molar-refractivity contribution in [3.05, 3.63) is 46.4 Å². The summed E-state index contributed by atoms with van der Waals surface area (Å²) in [6.45, 7) is 4.08. The molecule has 0 radical (unpaired) electrons. The van der Waals surface area contributed by atoms with E-state index < -0.39 is 0 Å². The first kappa shape index (κ1) is 14.5. The highest BCUT2D eigenvalue weighted by molar-refractivity contribution is 7.09. The van der Waals surface area contributed by atoms with E-state index in [0.29, 0.717) is 12.0 Å². The summed E-state index contributed by atoms with van der Waals surface area (Å²) in [5.74, 6) is 1.62. The standard InChI is InChI=1S/C17H22N2OS/c1-2-8-19-15(17-11-18-12-21-17)10-13-7-9-20-16-6-4-3-5-14(13)16/h3-6,11-13,15,19H,2,7-10H2,1H3. The van der Waals surface area contributed by atoms with Crippen LogP contribution in [0.4, 0.5) is 0 Å². The van der Waals surface area contributed by atoms with E-state index in [9.17, 15) is 0 Å². The molecule has 0 aliphatic carbocycles. The lowest BCUT2D eigenvalue weighted by atomic mass is 9.87. The topological polar surface area (TPSA) is 34.1 Å². The minimum Gasteiger partial charge on any atom is -0.493 e. The van der Waals surface area contributed by atoms with Crippen LogP contribution in [0.25, 0.3) is 0 Å². The zero-order valence-electron chi connectivity index (χ0n) is 12.4. The average Bonchev–Trinajstić information content (AvgIpc) is 3.06. The van der Waals surface area contributed by atoms with Crippen LogP contribution < -0.4 is 10.1 Å². The molecular formula is C17H22N2OS. The summed E-state index contributed by atoms with van der Waals surface area (Å²) in [4.78, 5) is 5.58. The zero-order valence-corrected chi connectivity index (χ0v) is 13.2. The van der Waals surface area contributed by atoms with Gasteiger partial charge in [0.1, 0.15) is 5.75 Å². The van der Waals surface area contributed by atoms with Crippen LogP contribution in [-0.4, -0.2) is 18.1 Å². The first-order valence-corrected chi connectivity index (χ1v) is 8.60. The van der Waals surface area contributed by atoms with Gasteiger partial charge in [0, 0.05) is 17.1 Å². The molecule has 1 aromatic heterocycles. The van der Waals surface area contributed by atoms with Gasteiger partial charge in [-0.3, -0.25) is 4.98 Å². The van der Waals surface area contributed by atoms with E-state index in [0.717, 1.165) is 38.2 Å². The second kappa shape index (κ2) is 7.05. The van der Waals surface area contributed by atoms with Crippen LogP contribution in [-0.2, 0) is 0 Å². The molecule has 0 amide bonds. The summed E-state index contributed by atoms with van der Waals surface area (Å²) in [7, 11) is 0. The molecule has 3 nitrogen and oxygen atoms in total. The fourth-order valence-corrected chi connectivity index (χ4v) is 3.67. The fourth-order valence-electron chi connectivity index (χ4n) is 2.96. The van der Waals surface area contributed by atoms with Gasteiger partial charge in [0.15, 0.2) is 0 Å². The summed E-state index contributed by atoms with van der Waals surface area (Å²) >= 11 is 1.75. The Morgan fingerprint density at radius 3 is 3.14 bits per heavy atom. The lowest BCUT2D eigenvalue weighted by molar-refractivity contribution is 0.255. The van der Waals surface area contributed by atoms with E-state index in [2.05, 4.69) is 41.5 Å². The van der Waals surface area contributed by atoms with Crippen LogP contribution in [0, 0.1) is 0 Å². The molecule has 1 aromatic carbocycles. The van der Waals surface area contributed by atoms with E-state index in [4.69, 9.17) is 4.74 Å². The largest absolute Gasteiger partial charge is 0.493 e. The summed E-state index contributed by atoms with van der Waals surface area (Å²) in [5.41, 5.74) is 3.28. The van der Waals surface area contributed by atoms with Gasteiger partial charge in [0.25, 0.3) is 0 Å². The summed E-state index contributed by atoms with van der Waals surface area (Å²) < 4.78 is 5.78. The van der Waals surface area contributed by atoms with Gasteiger partial charge < -0.3 is 10.1 Å². The number of para-hydroxylation sites is 1. The van der Waals surface area contributed by atoms with Gasteiger partial charge in [0.05, 0.1) is 12.1 Å². The summed E-state index contributed by atoms with van der Waals surface area (Å²) in [5, 5.41) is 3.68. The third-order valence-electron chi connectivity index (χ3n) is 4.04. The fraction of sp³-hybridized carbons (Fsp3) is 0.471. The lowest BCUT2D eigenvalue weighted by Crippen LogP contribution is -2.25. The van der Waals surface area contributed by atoms with Gasteiger partial charge in [-0.2, -0.15) is 0 Å². The highest BCUT2D eigenvalue weighted by atomic mass is 32.1. The predicted octanol–water partition coefficient (Wildman–Crippen LogP) is 4.14. The molecule has 2 atom stereocenters. The van der Waals surface area contributed by atoms with Crippen molar-refractivity contribution in [1.82, 2.24) is 10.3 Å². The van der Waals surface area contributed by atoms with Crippen molar-refractivity contribution in [2.45, 2.75) is 38.1 Å². The summed E-state index contributed by atoms with van der Waals surface area (Å²) in [6.07, 6.45) is 5.37. The van der Waals surface area contributed by atoms with E-state index in [1.54, 1.807) is 11.3 Å². The Balaban J connectivity index is 1.77. The minimum atomic E-state index is 0.397. The van der Waals surface area contributed by atoms with Gasteiger partial charge in [-0.1, -0.05) is 25.1 Å². The molecule has 1 aliphatic rings. The maximum atomic E-state index is 5.78. The van der Waals surface area contributed by atoms with Crippen molar-refractivity contribution in [2.75, 3.05) is 13.2 Å². The molecule has 0 bridgehead atoms. The van der Waals surface area contributed by atoms with E-state index in [1.807, 2.05) is 11.7 Å². The van der Waals surface area contributed by atoms with Gasteiger partial charge in [-0.05, 0) is 43.4 Å². The van der Waals surface area contributed by atoms with Crippen LogP contribution in [0.5, 0.6) is 5.75 Å². The Kier molecular flexibility index (Phi) is 4.88. The second-order valence-corrected chi connectivity index (χ2v) is 6.44. The van der Waals surface area contributed by atoms with E-state index in [-0.39, 0.29) is 0 Å². The number of hydrogen-bond donors (Lipinski definition) is 1. The number of hydrogen-bond acceptors (Lipinski definition) is 4. The molecular weight excluding hydrogens is 280 g/mol. The molecule has 0 saturated heterocycles. The first-order chi connectivity index (χ1) is 10.4. The van der Waals surface area contributed by atoms with E-state index in [1.165, 1.54) is 10.4 Å². The second-order valence-electron chi connectivity index (χ2n) is 5.52. The first-order valence-electron chi connectivity index (χ1n) is 7.72. The third-order valence-corrected chi connectivity index (χ3v) is 4.93. The predicted molar refractivity (Wildman–Crippen MR) is 87.1 cm³/mol. The number of rotatable bonds is 6. The van der Waals surface area contributed by atoms with Crippen molar-refractivity contribution in [3.8, 4) is 5.75 Å². The lowest BCUT2D eigenvalue weighted by Gasteiger charge is -2.29. The molecule has 2 unspecified atom stereocenters. The van der Waals surface area contributed by atoms with Gasteiger partial charge in [-0.15, -0.1) is 11.3 Å². The third kappa shape index (κ3) is 3.44. The molecule has 0 spiro atoms. The Hall–Kier alpha value is -1.39. The molecule has 3 rings (SSSR count). The van der Waals surface area contributed by atoms with Crippen LogP contribution >= 0.6 is 11.3 Å². The molecule has 21 heavy (non-hydrogen) atoms. The summed E-state index contributed by atoms with van der Waals surface area (Å²) in [6, 6.07) is 8.86. The number of thiazole rings is 1. The quantitative estimate of drug-likeness (QED) is 0.871. The van der Waals surface area contributed by atoms with Crippen LogP contribution in [0.15, 0.2) is 36.0 Å². The van der Waals surface area contributed by atoms with Crippen molar-refractivity contribution in [2.24, 2.45) is 0 Å². The normalized spacial score (nSPS) is 18.8. The van der Waals surface area contributed by atoms with Crippen molar-refractivity contribution in [1.29, 1.82) is 0 Å². The smallest absolute Gasteiger partial charge is 0.122 e. The number of fused-ring (bicyclic) bond motifs is 1. The van der Waals surface area contributed by atoms with Crippen molar-refractivity contribution in [3.63, 3.8) is 0 Å². The number of benzene rings is 1. The molecule has 0 saturated carbocycles. The SMILES string of the molecule is CCCNC(CC1CCOc2ccccc21)c1cncs1. The maximum Gasteiger partial charge on any atom is 0.122 e. The Bertz CT molecular complexity index is 556. The van der Waals surface area contributed by atoms with Gasteiger partial charge in [0.2, 0.25) is 0 Å². The molecule has 1 aliphatic heterocycles. The maximum absolute atomic E-state index is 5.78. The molecule has 2 heterocycles. The average molecular weight is 302 g/mol. The van der Waals surface area contributed by atoms with E-state index >= 15 is 0 Å². The molecule has 4 heteroatoms. The van der Waals surface area contributed by atoms with Gasteiger partial charge in [-0.25, -0.2) is 0 Å². The minimum absolute atomic E-state index is 0.397. The van der Waals surface area contributed by atoms with Crippen LogP contribution in [0.2, 0.25) is 0 Å². The van der Waals surface area contributed by atoms with Gasteiger partial charge >= 0.3 is 0 Å². The number of ether oxygens (including phenoxy) is 1. The highest BCUT2D eigenvalue weighted by Gasteiger charge is 2.25. The molecule has 112 valence electrons. The number of nitrogens with one attached hydrogen (secondary N) is 1. The zero-order chi connectivity index (χ0) is 14.5. The number of aromatic nitrogens is 1.